The van der Waals surface area contributed by atoms with Crippen LogP contribution in [0, 0.1) is 12.7 Å². The van der Waals surface area contributed by atoms with Gasteiger partial charge in [0.1, 0.15) is 5.82 Å². The van der Waals surface area contributed by atoms with Crippen molar-refractivity contribution in [2.75, 3.05) is 18.4 Å². The van der Waals surface area contributed by atoms with Gasteiger partial charge in [-0.1, -0.05) is 18.2 Å². The zero-order valence-electron chi connectivity index (χ0n) is 12.8. The predicted octanol–water partition coefficient (Wildman–Crippen LogP) is 4.06. The number of hydrogen-bond donors (Lipinski definition) is 2. The normalized spacial score (nSPS) is 23.4. The third kappa shape index (κ3) is 2.20. The molecule has 2 aliphatic heterocycles. The molecule has 2 aliphatic rings. The number of anilines is 1. The summed E-state index contributed by atoms with van der Waals surface area (Å²) < 4.78 is 13.4. The molecule has 1 saturated heterocycles. The van der Waals surface area contributed by atoms with Gasteiger partial charge in [-0.05, 0) is 73.3 Å². The molecule has 3 heteroatoms. The van der Waals surface area contributed by atoms with Gasteiger partial charge in [0.2, 0.25) is 0 Å². The van der Waals surface area contributed by atoms with E-state index in [9.17, 15) is 4.39 Å². The molecule has 2 N–H and O–H groups in total. The summed E-state index contributed by atoms with van der Waals surface area (Å²) in [5.74, 6) is 0.383. The van der Waals surface area contributed by atoms with Gasteiger partial charge in [-0.15, -0.1) is 0 Å². The van der Waals surface area contributed by atoms with E-state index in [0.29, 0.717) is 12.0 Å². The number of rotatable bonds is 1. The molecule has 0 spiro atoms. The Hall–Kier alpha value is -1.87. The molecule has 0 bridgehead atoms. The number of benzene rings is 2. The second-order valence-corrected chi connectivity index (χ2v) is 6.41. The number of halogens is 1. The lowest BCUT2D eigenvalue weighted by Gasteiger charge is -2.19. The average molecular weight is 296 g/mol. The Labute approximate surface area is 130 Å². The summed E-state index contributed by atoms with van der Waals surface area (Å²) in [6, 6.07) is 12.1. The molecular formula is C19H21FN2. The van der Waals surface area contributed by atoms with Crippen molar-refractivity contribution < 1.29 is 4.39 Å². The summed E-state index contributed by atoms with van der Waals surface area (Å²) in [6.45, 7) is 4.14. The second-order valence-electron chi connectivity index (χ2n) is 6.41. The SMILES string of the molecule is Cc1cc(F)ccc1-c1cccc2c1[C@@H]1CCNCC[C@@H]1N2. The molecule has 22 heavy (non-hydrogen) atoms. The van der Waals surface area contributed by atoms with Gasteiger partial charge < -0.3 is 10.6 Å². The van der Waals surface area contributed by atoms with E-state index >= 15 is 0 Å². The fraction of sp³-hybridized carbons (Fsp3) is 0.368. The molecule has 0 saturated carbocycles. The minimum absolute atomic E-state index is 0.163. The standard InChI is InChI=1S/C19H21FN2/c1-12-11-13(20)5-6-14(12)15-3-2-4-18-19(15)16-7-9-21-10-8-17(16)22-18/h2-6,11,16-17,21-22H,7-10H2,1H3/t16-,17+/m1/s1. The van der Waals surface area contributed by atoms with Crippen molar-refractivity contribution in [2.24, 2.45) is 0 Å². The van der Waals surface area contributed by atoms with Crippen LogP contribution in [0.25, 0.3) is 11.1 Å². The van der Waals surface area contributed by atoms with Crippen molar-refractivity contribution in [2.45, 2.75) is 31.7 Å². The molecular weight excluding hydrogens is 275 g/mol. The van der Waals surface area contributed by atoms with Crippen LogP contribution in [0.15, 0.2) is 36.4 Å². The molecule has 2 atom stereocenters. The Morgan fingerprint density at radius 2 is 1.91 bits per heavy atom. The summed E-state index contributed by atoms with van der Waals surface area (Å²) in [5, 5.41) is 7.20. The number of nitrogens with one attached hydrogen (secondary N) is 2. The Kier molecular flexibility index (Phi) is 3.38. The van der Waals surface area contributed by atoms with E-state index in [-0.39, 0.29) is 5.82 Å². The molecule has 2 aromatic carbocycles. The van der Waals surface area contributed by atoms with Crippen LogP contribution in [-0.4, -0.2) is 19.1 Å². The van der Waals surface area contributed by atoms with E-state index in [1.165, 1.54) is 16.8 Å². The van der Waals surface area contributed by atoms with E-state index in [1.807, 2.05) is 13.0 Å². The van der Waals surface area contributed by atoms with Crippen molar-refractivity contribution in [3.05, 3.63) is 53.3 Å². The van der Waals surface area contributed by atoms with Crippen LogP contribution in [0.4, 0.5) is 10.1 Å². The van der Waals surface area contributed by atoms with Crippen LogP contribution in [0.5, 0.6) is 0 Å². The zero-order chi connectivity index (χ0) is 15.1. The highest BCUT2D eigenvalue weighted by atomic mass is 19.1. The average Bonchev–Trinajstić information content (AvgIpc) is 2.70. The molecule has 2 heterocycles. The summed E-state index contributed by atoms with van der Waals surface area (Å²) in [4.78, 5) is 0. The fourth-order valence-electron chi connectivity index (χ4n) is 4.02. The summed E-state index contributed by atoms with van der Waals surface area (Å²) >= 11 is 0. The highest BCUT2D eigenvalue weighted by Gasteiger charge is 2.34. The Balaban J connectivity index is 1.84. The van der Waals surface area contributed by atoms with Gasteiger partial charge in [-0.25, -0.2) is 4.39 Å². The topological polar surface area (TPSA) is 24.1 Å². The third-order valence-corrected chi connectivity index (χ3v) is 5.05. The van der Waals surface area contributed by atoms with Gasteiger partial charge in [0, 0.05) is 17.6 Å². The number of aryl methyl sites for hydroxylation is 1. The first-order valence-corrected chi connectivity index (χ1v) is 8.11. The van der Waals surface area contributed by atoms with Gasteiger partial charge in [0.15, 0.2) is 0 Å². The van der Waals surface area contributed by atoms with Crippen molar-refractivity contribution in [1.29, 1.82) is 0 Å². The van der Waals surface area contributed by atoms with Crippen LogP contribution in [0.2, 0.25) is 0 Å². The molecule has 114 valence electrons. The van der Waals surface area contributed by atoms with Crippen LogP contribution in [0.1, 0.15) is 29.9 Å². The van der Waals surface area contributed by atoms with Gasteiger partial charge in [0.25, 0.3) is 0 Å². The van der Waals surface area contributed by atoms with Gasteiger partial charge >= 0.3 is 0 Å². The highest BCUT2D eigenvalue weighted by Crippen LogP contribution is 2.45. The minimum Gasteiger partial charge on any atom is -0.381 e. The maximum absolute atomic E-state index is 13.4. The molecule has 0 unspecified atom stereocenters. The molecule has 4 rings (SSSR count). The van der Waals surface area contributed by atoms with Crippen molar-refractivity contribution >= 4 is 5.69 Å². The van der Waals surface area contributed by atoms with Crippen molar-refractivity contribution in [3.63, 3.8) is 0 Å². The highest BCUT2D eigenvalue weighted by molar-refractivity contribution is 5.79. The van der Waals surface area contributed by atoms with Crippen molar-refractivity contribution in [3.8, 4) is 11.1 Å². The monoisotopic (exact) mass is 296 g/mol. The summed E-state index contributed by atoms with van der Waals surface area (Å²) in [7, 11) is 0. The first-order chi connectivity index (χ1) is 10.7. The Morgan fingerprint density at radius 3 is 2.77 bits per heavy atom. The Morgan fingerprint density at radius 1 is 1.05 bits per heavy atom. The predicted molar refractivity (Wildman–Crippen MR) is 88.8 cm³/mol. The van der Waals surface area contributed by atoms with Crippen LogP contribution >= 0.6 is 0 Å². The quantitative estimate of drug-likeness (QED) is 0.829. The lowest BCUT2D eigenvalue weighted by Crippen LogP contribution is -2.21. The molecule has 0 amide bonds. The van der Waals surface area contributed by atoms with E-state index in [1.54, 1.807) is 12.1 Å². The fourth-order valence-corrected chi connectivity index (χ4v) is 4.02. The van der Waals surface area contributed by atoms with Crippen LogP contribution in [0.3, 0.4) is 0 Å². The second kappa shape index (κ2) is 5.40. The number of fused-ring (bicyclic) bond motifs is 3. The minimum atomic E-state index is -0.163. The van der Waals surface area contributed by atoms with E-state index in [0.717, 1.165) is 37.1 Å². The lowest BCUT2D eigenvalue weighted by atomic mass is 9.85. The van der Waals surface area contributed by atoms with Gasteiger partial charge in [-0.3, -0.25) is 0 Å². The largest absolute Gasteiger partial charge is 0.381 e. The van der Waals surface area contributed by atoms with E-state index in [2.05, 4.69) is 28.8 Å². The maximum Gasteiger partial charge on any atom is 0.123 e. The molecule has 0 radical (unpaired) electrons. The molecule has 2 aromatic rings. The van der Waals surface area contributed by atoms with Crippen LogP contribution < -0.4 is 10.6 Å². The lowest BCUT2D eigenvalue weighted by molar-refractivity contribution is 0.579. The molecule has 0 aliphatic carbocycles. The zero-order valence-corrected chi connectivity index (χ0v) is 12.8. The van der Waals surface area contributed by atoms with Gasteiger partial charge in [-0.2, -0.15) is 0 Å². The molecule has 2 nitrogen and oxygen atoms in total. The third-order valence-electron chi connectivity index (χ3n) is 5.05. The smallest absolute Gasteiger partial charge is 0.123 e. The first kappa shape index (κ1) is 13.8. The van der Waals surface area contributed by atoms with Crippen LogP contribution in [-0.2, 0) is 0 Å². The maximum atomic E-state index is 13.4. The summed E-state index contributed by atoms with van der Waals surface area (Å²) in [5.41, 5.74) is 6.10. The first-order valence-electron chi connectivity index (χ1n) is 8.11. The molecule has 0 aromatic heterocycles. The van der Waals surface area contributed by atoms with Crippen molar-refractivity contribution in [1.82, 2.24) is 5.32 Å². The molecule has 1 fully saturated rings. The van der Waals surface area contributed by atoms with E-state index in [4.69, 9.17) is 0 Å². The summed E-state index contributed by atoms with van der Waals surface area (Å²) in [6.07, 6.45) is 2.31. The van der Waals surface area contributed by atoms with E-state index < -0.39 is 0 Å². The number of hydrogen-bond acceptors (Lipinski definition) is 2. The van der Waals surface area contributed by atoms with Gasteiger partial charge in [0.05, 0.1) is 0 Å². The Bertz CT molecular complexity index is 711.